The van der Waals surface area contributed by atoms with E-state index in [2.05, 4.69) is 20.1 Å². The molecule has 132 valence electrons. The Balaban J connectivity index is 1.52. The first kappa shape index (κ1) is 16.7. The van der Waals surface area contributed by atoms with Crippen molar-refractivity contribution in [1.29, 1.82) is 0 Å². The van der Waals surface area contributed by atoms with Gasteiger partial charge in [0, 0.05) is 35.2 Å². The number of carbonyl (C=O) groups excluding carboxylic acids is 1. The van der Waals surface area contributed by atoms with E-state index in [9.17, 15) is 4.79 Å². The second-order valence-corrected chi connectivity index (χ2v) is 7.30. The van der Waals surface area contributed by atoms with Gasteiger partial charge in [-0.3, -0.25) is 4.79 Å². The van der Waals surface area contributed by atoms with E-state index >= 15 is 0 Å². The molecule has 0 saturated carbocycles. The molecule has 1 aliphatic rings. The molecule has 1 amide bonds. The number of benzene rings is 1. The van der Waals surface area contributed by atoms with Crippen molar-refractivity contribution in [2.75, 3.05) is 5.32 Å². The van der Waals surface area contributed by atoms with E-state index < -0.39 is 0 Å². The summed E-state index contributed by atoms with van der Waals surface area (Å²) in [5, 5.41) is 13.7. The largest absolute Gasteiger partial charge is 0.322 e. The summed E-state index contributed by atoms with van der Waals surface area (Å²) in [4.78, 5) is 13.2. The maximum absolute atomic E-state index is 12.2. The molecule has 1 aromatic carbocycles. The third kappa shape index (κ3) is 3.75. The first-order valence-corrected chi connectivity index (χ1v) is 9.73. The zero-order valence-electron chi connectivity index (χ0n) is 14.4. The summed E-state index contributed by atoms with van der Waals surface area (Å²) in [5.74, 6) is 1.80. The molecule has 0 fully saturated rings. The van der Waals surface area contributed by atoms with E-state index in [1.807, 2.05) is 47.9 Å². The molecule has 0 aliphatic carbocycles. The third-order valence-corrected chi connectivity index (χ3v) is 5.28. The van der Waals surface area contributed by atoms with Crippen molar-refractivity contribution in [3.05, 3.63) is 58.6 Å². The van der Waals surface area contributed by atoms with Crippen LogP contribution in [0.3, 0.4) is 0 Å². The molecule has 1 N–H and O–H groups in total. The molecule has 4 rings (SSSR count). The Labute approximate surface area is 156 Å². The van der Waals surface area contributed by atoms with Crippen molar-refractivity contribution in [3.63, 3.8) is 0 Å². The fourth-order valence-corrected chi connectivity index (χ4v) is 3.78. The minimum Gasteiger partial charge on any atom is -0.322 e. The summed E-state index contributed by atoms with van der Waals surface area (Å²) in [5.41, 5.74) is 1.74. The van der Waals surface area contributed by atoms with Gasteiger partial charge in [-0.2, -0.15) is 0 Å². The van der Waals surface area contributed by atoms with Crippen molar-refractivity contribution >= 4 is 29.0 Å². The second kappa shape index (κ2) is 7.66. The van der Waals surface area contributed by atoms with Crippen molar-refractivity contribution in [3.8, 4) is 11.4 Å². The predicted molar refractivity (Wildman–Crippen MR) is 105 cm³/mol. The van der Waals surface area contributed by atoms with Crippen LogP contribution in [0.2, 0.25) is 0 Å². The summed E-state index contributed by atoms with van der Waals surface area (Å²) in [6.45, 7) is 0.956. The van der Waals surface area contributed by atoms with Crippen LogP contribution in [-0.2, 0) is 17.8 Å². The molecule has 3 aromatic rings. The summed E-state index contributed by atoms with van der Waals surface area (Å²) < 4.78 is 2.21. The topological polar surface area (TPSA) is 59.8 Å². The van der Waals surface area contributed by atoms with Crippen LogP contribution in [0.25, 0.3) is 17.5 Å². The average Bonchev–Trinajstić information content (AvgIpc) is 3.25. The van der Waals surface area contributed by atoms with E-state index in [1.54, 1.807) is 17.4 Å². The molecule has 3 heterocycles. The van der Waals surface area contributed by atoms with E-state index in [0.717, 1.165) is 47.2 Å². The Morgan fingerprint density at radius 1 is 1.15 bits per heavy atom. The molecule has 0 saturated heterocycles. The van der Waals surface area contributed by atoms with Gasteiger partial charge in [0.1, 0.15) is 5.82 Å². The van der Waals surface area contributed by atoms with E-state index in [-0.39, 0.29) is 5.91 Å². The molecule has 0 unspecified atom stereocenters. The van der Waals surface area contributed by atoms with Gasteiger partial charge in [-0.1, -0.05) is 24.6 Å². The number of aryl methyl sites for hydroxylation is 1. The summed E-state index contributed by atoms with van der Waals surface area (Å²) >= 11 is 1.60. The first-order chi connectivity index (χ1) is 12.8. The van der Waals surface area contributed by atoms with Gasteiger partial charge in [0.15, 0.2) is 5.82 Å². The van der Waals surface area contributed by atoms with Crippen LogP contribution < -0.4 is 5.32 Å². The summed E-state index contributed by atoms with van der Waals surface area (Å²) in [6.07, 6.45) is 7.92. The Hall–Kier alpha value is -2.73. The summed E-state index contributed by atoms with van der Waals surface area (Å²) in [6, 6.07) is 11.7. The number of rotatable bonds is 4. The van der Waals surface area contributed by atoms with Crippen LogP contribution in [-0.4, -0.2) is 20.7 Å². The number of nitrogens with one attached hydrogen (secondary N) is 1. The van der Waals surface area contributed by atoms with Gasteiger partial charge in [0.25, 0.3) is 0 Å². The monoisotopic (exact) mass is 364 g/mol. The molecule has 5 nitrogen and oxygen atoms in total. The minimum atomic E-state index is -0.143. The van der Waals surface area contributed by atoms with Gasteiger partial charge < -0.3 is 9.88 Å². The predicted octanol–water partition coefficient (Wildman–Crippen LogP) is 4.38. The van der Waals surface area contributed by atoms with Gasteiger partial charge in [-0.05, 0) is 42.5 Å². The highest BCUT2D eigenvalue weighted by Crippen LogP contribution is 2.25. The molecule has 0 spiro atoms. The Kier molecular flexibility index (Phi) is 4.93. The van der Waals surface area contributed by atoms with Crippen molar-refractivity contribution < 1.29 is 4.79 Å². The smallest absolute Gasteiger partial charge is 0.248 e. The van der Waals surface area contributed by atoms with Crippen LogP contribution in [0.1, 0.15) is 30.0 Å². The molecule has 0 radical (unpaired) electrons. The highest BCUT2D eigenvalue weighted by molar-refractivity contribution is 7.10. The molecular formula is C20H20N4OS. The lowest BCUT2D eigenvalue weighted by Gasteiger charge is -2.08. The lowest BCUT2D eigenvalue weighted by molar-refractivity contribution is -0.111. The number of anilines is 1. The van der Waals surface area contributed by atoms with Crippen LogP contribution in [0.4, 0.5) is 5.69 Å². The molecule has 2 aromatic heterocycles. The Bertz CT molecular complexity index is 927. The second-order valence-electron chi connectivity index (χ2n) is 6.32. The zero-order valence-corrected chi connectivity index (χ0v) is 15.2. The number of hydrogen-bond acceptors (Lipinski definition) is 4. The standard InChI is InChI=1S/C20H20N4OS/c25-19(11-10-17-8-5-13-26-17)21-16-7-4-6-15(14-16)20-23-22-18-9-2-1-3-12-24(18)20/h4-8,10-11,13-14H,1-3,9,12H2,(H,21,25)/b11-10+. The maximum atomic E-state index is 12.2. The summed E-state index contributed by atoms with van der Waals surface area (Å²) in [7, 11) is 0. The fourth-order valence-electron chi connectivity index (χ4n) is 3.16. The maximum Gasteiger partial charge on any atom is 0.248 e. The van der Waals surface area contributed by atoms with Gasteiger partial charge in [-0.15, -0.1) is 21.5 Å². The SMILES string of the molecule is O=C(/C=C/c1cccs1)Nc1cccc(-c2nnc3n2CCCCC3)c1. The minimum absolute atomic E-state index is 0.143. The van der Waals surface area contributed by atoms with Crippen LogP contribution in [0.5, 0.6) is 0 Å². The van der Waals surface area contributed by atoms with Crippen LogP contribution >= 0.6 is 11.3 Å². The van der Waals surface area contributed by atoms with Gasteiger partial charge in [0.05, 0.1) is 0 Å². The average molecular weight is 364 g/mol. The lowest BCUT2D eigenvalue weighted by atomic mass is 10.2. The normalized spacial score (nSPS) is 14.2. The quantitative estimate of drug-likeness (QED) is 0.699. The number of fused-ring (bicyclic) bond motifs is 1. The van der Waals surface area contributed by atoms with E-state index in [1.165, 1.54) is 12.8 Å². The highest BCUT2D eigenvalue weighted by Gasteiger charge is 2.16. The fraction of sp³-hybridized carbons (Fsp3) is 0.250. The number of carbonyl (C=O) groups is 1. The number of nitrogens with zero attached hydrogens (tertiary/aromatic N) is 3. The molecule has 0 bridgehead atoms. The molecule has 6 heteroatoms. The Morgan fingerprint density at radius 3 is 3.00 bits per heavy atom. The van der Waals surface area contributed by atoms with Crippen LogP contribution in [0, 0.1) is 0 Å². The van der Waals surface area contributed by atoms with Gasteiger partial charge >= 0.3 is 0 Å². The zero-order chi connectivity index (χ0) is 17.8. The lowest BCUT2D eigenvalue weighted by Crippen LogP contribution is -2.08. The van der Waals surface area contributed by atoms with Crippen molar-refractivity contribution in [2.24, 2.45) is 0 Å². The number of amides is 1. The number of aromatic nitrogens is 3. The molecule has 0 atom stereocenters. The van der Waals surface area contributed by atoms with Gasteiger partial charge in [0.2, 0.25) is 5.91 Å². The molecule has 26 heavy (non-hydrogen) atoms. The highest BCUT2D eigenvalue weighted by atomic mass is 32.1. The number of thiophene rings is 1. The third-order valence-electron chi connectivity index (χ3n) is 4.44. The molecule has 1 aliphatic heterocycles. The van der Waals surface area contributed by atoms with Crippen molar-refractivity contribution in [2.45, 2.75) is 32.2 Å². The van der Waals surface area contributed by atoms with Gasteiger partial charge in [-0.25, -0.2) is 0 Å². The van der Waals surface area contributed by atoms with E-state index in [0.29, 0.717) is 0 Å². The van der Waals surface area contributed by atoms with E-state index in [4.69, 9.17) is 0 Å². The number of hydrogen-bond donors (Lipinski definition) is 1. The van der Waals surface area contributed by atoms with Crippen LogP contribution in [0.15, 0.2) is 47.9 Å². The Morgan fingerprint density at radius 2 is 2.12 bits per heavy atom. The molecular weight excluding hydrogens is 344 g/mol. The van der Waals surface area contributed by atoms with Crippen molar-refractivity contribution in [1.82, 2.24) is 14.8 Å². The first-order valence-electron chi connectivity index (χ1n) is 8.85.